The Morgan fingerprint density at radius 3 is 2.47 bits per heavy atom. The summed E-state index contributed by atoms with van der Waals surface area (Å²) in [7, 11) is 0. The van der Waals surface area contributed by atoms with E-state index in [1.807, 2.05) is 17.0 Å². The Kier molecular flexibility index (Phi) is 2.09. The van der Waals surface area contributed by atoms with Crippen LogP contribution in [0.5, 0.6) is 0 Å². The highest BCUT2D eigenvalue weighted by molar-refractivity contribution is 9.10. The highest BCUT2D eigenvalue weighted by atomic mass is 79.9. The van der Waals surface area contributed by atoms with Gasteiger partial charge in [0.25, 0.3) is 0 Å². The lowest BCUT2D eigenvalue weighted by molar-refractivity contribution is -0.129. The largest absolute Gasteiger partial charge is 0.335 e. The zero-order chi connectivity index (χ0) is 10.4. The molecule has 3 aliphatic rings. The summed E-state index contributed by atoms with van der Waals surface area (Å²) < 4.78 is 1.09. The number of rotatable bonds is 2. The molecule has 2 nitrogen and oxygen atoms in total. The van der Waals surface area contributed by atoms with Gasteiger partial charge in [-0.2, -0.15) is 0 Å². The van der Waals surface area contributed by atoms with E-state index in [-0.39, 0.29) is 0 Å². The smallest absolute Gasteiger partial charge is 0.226 e. The zero-order valence-corrected chi connectivity index (χ0v) is 9.90. The highest BCUT2D eigenvalue weighted by Crippen LogP contribution is 2.42. The molecule has 2 aliphatic heterocycles. The highest BCUT2D eigenvalue weighted by Gasteiger charge is 2.49. The summed E-state index contributed by atoms with van der Waals surface area (Å²) in [4.78, 5) is 13.8. The summed E-state index contributed by atoms with van der Waals surface area (Å²) in [6.07, 6.45) is 2.19. The van der Waals surface area contributed by atoms with Crippen LogP contribution in [0.1, 0.15) is 18.4 Å². The van der Waals surface area contributed by atoms with Crippen LogP contribution in [0.4, 0.5) is 0 Å². The third kappa shape index (κ3) is 1.49. The minimum Gasteiger partial charge on any atom is -0.335 e. The Balaban J connectivity index is 1.75. The summed E-state index contributed by atoms with van der Waals surface area (Å²) >= 11 is 3.41. The lowest BCUT2D eigenvalue weighted by atomic mass is 9.86. The van der Waals surface area contributed by atoms with Crippen molar-refractivity contribution in [3.8, 4) is 0 Å². The van der Waals surface area contributed by atoms with Crippen molar-refractivity contribution in [1.29, 1.82) is 0 Å². The zero-order valence-electron chi connectivity index (χ0n) is 8.32. The van der Waals surface area contributed by atoms with Crippen molar-refractivity contribution < 1.29 is 4.79 Å². The topological polar surface area (TPSA) is 20.3 Å². The summed E-state index contributed by atoms with van der Waals surface area (Å²) in [5, 5.41) is 0. The summed E-state index contributed by atoms with van der Waals surface area (Å²) in [6.45, 7) is 0.785. The van der Waals surface area contributed by atoms with Gasteiger partial charge >= 0.3 is 0 Å². The Morgan fingerprint density at radius 1 is 1.27 bits per heavy atom. The maximum atomic E-state index is 11.7. The SMILES string of the molecule is O=C1C2CC(C2)N1Cc1ccc(Br)cc1. The molecule has 0 spiro atoms. The molecular formula is C12H12BrNO. The molecule has 2 saturated heterocycles. The van der Waals surface area contributed by atoms with Gasteiger partial charge in [-0.3, -0.25) is 4.79 Å². The van der Waals surface area contributed by atoms with E-state index in [0.717, 1.165) is 23.9 Å². The average Bonchev–Trinajstić information content (AvgIpc) is 2.60. The van der Waals surface area contributed by atoms with Crippen LogP contribution in [0.3, 0.4) is 0 Å². The van der Waals surface area contributed by atoms with Crippen molar-refractivity contribution in [2.75, 3.05) is 0 Å². The molecular weight excluding hydrogens is 254 g/mol. The van der Waals surface area contributed by atoms with E-state index in [1.165, 1.54) is 5.56 Å². The summed E-state index contributed by atoms with van der Waals surface area (Å²) in [5.74, 6) is 0.716. The Hall–Kier alpha value is -0.830. The average molecular weight is 266 g/mol. The molecule has 78 valence electrons. The van der Waals surface area contributed by atoms with E-state index in [2.05, 4.69) is 28.1 Å². The normalized spacial score (nSPS) is 28.1. The number of hydrogen-bond acceptors (Lipinski definition) is 1. The van der Waals surface area contributed by atoms with Crippen LogP contribution in [0, 0.1) is 5.92 Å². The van der Waals surface area contributed by atoms with E-state index in [9.17, 15) is 4.79 Å². The van der Waals surface area contributed by atoms with E-state index in [0.29, 0.717) is 17.9 Å². The Labute approximate surface area is 97.4 Å². The van der Waals surface area contributed by atoms with Crippen molar-refractivity contribution >= 4 is 21.8 Å². The van der Waals surface area contributed by atoms with Gasteiger partial charge in [0.2, 0.25) is 5.91 Å². The molecule has 0 N–H and O–H groups in total. The van der Waals surface area contributed by atoms with E-state index < -0.39 is 0 Å². The molecule has 0 radical (unpaired) electrons. The second kappa shape index (κ2) is 3.34. The predicted molar refractivity (Wildman–Crippen MR) is 61.2 cm³/mol. The standard InChI is InChI=1S/C12H12BrNO/c13-10-3-1-8(2-4-10)7-14-11-5-9(6-11)12(14)15/h1-4,9,11H,5-7H2. The van der Waals surface area contributed by atoms with E-state index in [4.69, 9.17) is 0 Å². The lowest BCUT2D eigenvalue weighted by Gasteiger charge is -2.25. The monoisotopic (exact) mass is 265 g/mol. The molecule has 2 bridgehead atoms. The maximum absolute atomic E-state index is 11.7. The first-order chi connectivity index (χ1) is 7.24. The third-order valence-corrected chi connectivity index (χ3v) is 3.98. The fourth-order valence-corrected chi connectivity index (χ4v) is 2.72. The minimum atomic E-state index is 0.352. The molecule has 1 aliphatic carbocycles. The first-order valence-corrected chi connectivity index (χ1v) is 6.08. The van der Waals surface area contributed by atoms with Crippen molar-refractivity contribution in [3.63, 3.8) is 0 Å². The molecule has 0 unspecified atom stereocenters. The van der Waals surface area contributed by atoms with Crippen LogP contribution in [0.2, 0.25) is 0 Å². The molecule has 1 aromatic rings. The number of amides is 1. The van der Waals surface area contributed by atoms with Gasteiger partial charge in [0, 0.05) is 23.0 Å². The number of carbonyl (C=O) groups excluding carboxylic acids is 1. The minimum absolute atomic E-state index is 0.352. The first kappa shape index (κ1) is 9.40. The van der Waals surface area contributed by atoms with Crippen molar-refractivity contribution in [3.05, 3.63) is 34.3 Å². The maximum Gasteiger partial charge on any atom is 0.226 e. The fraction of sp³-hybridized carbons (Fsp3) is 0.417. The van der Waals surface area contributed by atoms with Gasteiger partial charge in [0.05, 0.1) is 0 Å². The lowest BCUT2D eigenvalue weighted by Crippen LogP contribution is -2.29. The number of benzene rings is 1. The number of halogens is 1. The molecule has 3 heteroatoms. The summed E-state index contributed by atoms with van der Waals surface area (Å²) in [6, 6.07) is 8.74. The molecule has 4 rings (SSSR count). The van der Waals surface area contributed by atoms with E-state index in [1.54, 1.807) is 0 Å². The predicted octanol–water partition coefficient (Wildman–Crippen LogP) is 2.57. The molecule has 2 heterocycles. The van der Waals surface area contributed by atoms with Crippen LogP contribution >= 0.6 is 15.9 Å². The third-order valence-electron chi connectivity index (χ3n) is 3.45. The van der Waals surface area contributed by atoms with Gasteiger partial charge in [0.1, 0.15) is 0 Å². The summed E-state index contributed by atoms with van der Waals surface area (Å²) in [5.41, 5.74) is 1.22. The number of nitrogens with zero attached hydrogens (tertiary/aromatic N) is 1. The van der Waals surface area contributed by atoms with Gasteiger partial charge in [-0.15, -0.1) is 0 Å². The second-order valence-corrected chi connectivity index (χ2v) is 5.33. The van der Waals surface area contributed by atoms with Crippen LogP contribution < -0.4 is 0 Å². The van der Waals surface area contributed by atoms with Gasteiger partial charge in [-0.05, 0) is 30.5 Å². The Morgan fingerprint density at radius 2 is 1.93 bits per heavy atom. The van der Waals surface area contributed by atoms with Gasteiger partial charge in [-0.1, -0.05) is 28.1 Å². The molecule has 0 aromatic heterocycles. The van der Waals surface area contributed by atoms with Gasteiger partial charge in [0.15, 0.2) is 0 Å². The van der Waals surface area contributed by atoms with Crippen LogP contribution in [-0.2, 0) is 11.3 Å². The molecule has 3 fully saturated rings. The molecule has 1 aromatic carbocycles. The van der Waals surface area contributed by atoms with Gasteiger partial charge in [-0.25, -0.2) is 0 Å². The Bertz CT molecular complexity index is 395. The quantitative estimate of drug-likeness (QED) is 0.805. The first-order valence-electron chi connectivity index (χ1n) is 5.29. The van der Waals surface area contributed by atoms with Gasteiger partial charge < -0.3 is 4.90 Å². The van der Waals surface area contributed by atoms with Crippen molar-refractivity contribution in [2.45, 2.75) is 25.4 Å². The molecule has 15 heavy (non-hydrogen) atoms. The van der Waals surface area contributed by atoms with Crippen LogP contribution in [0.15, 0.2) is 28.7 Å². The van der Waals surface area contributed by atoms with E-state index >= 15 is 0 Å². The van der Waals surface area contributed by atoms with Crippen LogP contribution in [0.25, 0.3) is 0 Å². The van der Waals surface area contributed by atoms with Crippen LogP contribution in [-0.4, -0.2) is 16.8 Å². The molecule has 1 saturated carbocycles. The number of hydrogen-bond donors (Lipinski definition) is 0. The van der Waals surface area contributed by atoms with Crippen molar-refractivity contribution in [1.82, 2.24) is 4.90 Å². The number of fused-ring (bicyclic) bond motifs is 1. The number of carbonyl (C=O) groups is 1. The molecule has 1 amide bonds. The van der Waals surface area contributed by atoms with Crippen molar-refractivity contribution in [2.24, 2.45) is 5.92 Å². The fourth-order valence-electron chi connectivity index (χ4n) is 2.45. The molecule has 0 atom stereocenters. The second-order valence-electron chi connectivity index (χ2n) is 4.41.